The van der Waals surface area contributed by atoms with Crippen LogP contribution in [0.25, 0.3) is 22.6 Å². The standard InChI is InChI=1S/C28H32FN5O4/c1-4-32-26-24(27(36)33(28(32)37)12-5-13-35)34(16-19-6-8-20(29)9-7-19)25(31-26)22-10-11-23(30-18(22)3)38-21-14-17(2)15-21/h6-11,17,21,35H,4-5,12-16H2,1-3H3. The van der Waals surface area contributed by atoms with Crippen molar-refractivity contribution in [3.63, 3.8) is 0 Å². The van der Waals surface area contributed by atoms with Crippen molar-refractivity contribution in [1.82, 2.24) is 23.7 Å². The first kappa shape index (κ1) is 25.8. The van der Waals surface area contributed by atoms with Crippen molar-refractivity contribution in [1.29, 1.82) is 0 Å². The van der Waals surface area contributed by atoms with Gasteiger partial charge in [-0.05, 0) is 62.8 Å². The number of benzene rings is 1. The molecular formula is C28H32FN5O4. The molecule has 1 aliphatic carbocycles. The SMILES string of the molecule is CCn1c(=O)n(CCCO)c(=O)c2c1nc(-c1ccc(OC3CC(C)C3)nc1C)n2Cc1ccc(F)cc1. The van der Waals surface area contributed by atoms with E-state index >= 15 is 0 Å². The number of fused-ring (bicyclic) bond motifs is 1. The second kappa shape index (κ2) is 10.5. The molecule has 0 radical (unpaired) electrons. The van der Waals surface area contributed by atoms with E-state index < -0.39 is 11.2 Å². The number of hydrogen-bond donors (Lipinski definition) is 1. The molecule has 1 aromatic carbocycles. The molecule has 9 nitrogen and oxygen atoms in total. The maximum absolute atomic E-state index is 13.7. The van der Waals surface area contributed by atoms with Gasteiger partial charge in [-0.1, -0.05) is 19.1 Å². The molecule has 3 aromatic heterocycles. The van der Waals surface area contributed by atoms with Gasteiger partial charge in [-0.15, -0.1) is 0 Å². The van der Waals surface area contributed by atoms with Crippen molar-refractivity contribution in [2.24, 2.45) is 5.92 Å². The van der Waals surface area contributed by atoms with E-state index in [0.717, 1.165) is 23.0 Å². The van der Waals surface area contributed by atoms with Gasteiger partial charge in [0.05, 0.1) is 5.69 Å². The van der Waals surface area contributed by atoms with E-state index in [2.05, 4.69) is 11.9 Å². The third-order valence-corrected chi connectivity index (χ3v) is 7.14. The number of aryl methyl sites for hydroxylation is 2. The Balaban J connectivity index is 1.69. The van der Waals surface area contributed by atoms with Crippen molar-refractivity contribution >= 4 is 11.2 Å². The van der Waals surface area contributed by atoms with Crippen molar-refractivity contribution in [3.05, 3.63) is 74.3 Å². The Morgan fingerprint density at radius 3 is 2.42 bits per heavy atom. The summed E-state index contributed by atoms with van der Waals surface area (Å²) in [5, 5.41) is 9.32. The van der Waals surface area contributed by atoms with E-state index in [1.165, 1.54) is 16.7 Å². The zero-order chi connectivity index (χ0) is 27.0. The van der Waals surface area contributed by atoms with Crippen LogP contribution in [-0.2, 0) is 19.6 Å². The Morgan fingerprint density at radius 2 is 1.79 bits per heavy atom. The summed E-state index contributed by atoms with van der Waals surface area (Å²) >= 11 is 0. The monoisotopic (exact) mass is 521 g/mol. The zero-order valence-corrected chi connectivity index (χ0v) is 21.9. The van der Waals surface area contributed by atoms with E-state index in [1.807, 2.05) is 19.9 Å². The van der Waals surface area contributed by atoms with Gasteiger partial charge >= 0.3 is 5.69 Å². The maximum atomic E-state index is 13.7. The number of hydrogen-bond acceptors (Lipinski definition) is 6. The Morgan fingerprint density at radius 1 is 1.05 bits per heavy atom. The minimum Gasteiger partial charge on any atom is -0.474 e. The molecule has 10 heteroatoms. The molecule has 200 valence electrons. The third-order valence-electron chi connectivity index (χ3n) is 7.14. The number of rotatable bonds is 9. The lowest BCUT2D eigenvalue weighted by Gasteiger charge is -2.32. The lowest BCUT2D eigenvalue weighted by molar-refractivity contribution is 0.0694. The second-order valence-electron chi connectivity index (χ2n) is 9.98. The molecule has 0 atom stereocenters. The predicted molar refractivity (Wildman–Crippen MR) is 142 cm³/mol. The molecule has 0 bridgehead atoms. The minimum atomic E-state index is -0.478. The van der Waals surface area contributed by atoms with E-state index in [4.69, 9.17) is 9.72 Å². The average Bonchev–Trinajstić information content (AvgIpc) is 3.23. The Bertz CT molecular complexity index is 1580. The van der Waals surface area contributed by atoms with Crippen LogP contribution in [0.5, 0.6) is 5.88 Å². The minimum absolute atomic E-state index is 0.0908. The van der Waals surface area contributed by atoms with Crippen LogP contribution in [0.4, 0.5) is 4.39 Å². The highest BCUT2D eigenvalue weighted by Gasteiger charge is 2.28. The van der Waals surface area contributed by atoms with E-state index in [-0.39, 0.29) is 49.2 Å². The molecule has 0 saturated heterocycles. The Labute approximate surface area is 219 Å². The fraction of sp³-hybridized carbons (Fsp3) is 0.429. The third kappa shape index (κ3) is 4.76. The van der Waals surface area contributed by atoms with E-state index in [1.54, 1.807) is 22.8 Å². The number of aliphatic hydroxyl groups excluding tert-OH is 1. The molecule has 3 heterocycles. The Hall–Kier alpha value is -3.79. The molecule has 1 N–H and O–H groups in total. The summed E-state index contributed by atoms with van der Waals surface area (Å²) < 4.78 is 24.0. The summed E-state index contributed by atoms with van der Waals surface area (Å²) in [7, 11) is 0. The first-order valence-electron chi connectivity index (χ1n) is 13.0. The molecule has 1 saturated carbocycles. The molecule has 0 spiro atoms. The zero-order valence-electron chi connectivity index (χ0n) is 21.9. The topological polar surface area (TPSA) is 104 Å². The number of aromatic nitrogens is 5. The van der Waals surface area contributed by atoms with Gasteiger partial charge in [0.25, 0.3) is 5.56 Å². The molecule has 0 unspecified atom stereocenters. The van der Waals surface area contributed by atoms with Crippen LogP contribution in [0.1, 0.15) is 44.4 Å². The quantitative estimate of drug-likeness (QED) is 0.362. The average molecular weight is 522 g/mol. The van der Waals surface area contributed by atoms with Gasteiger partial charge in [0.15, 0.2) is 11.2 Å². The lowest BCUT2D eigenvalue weighted by Crippen LogP contribution is -2.40. The second-order valence-corrected chi connectivity index (χ2v) is 9.98. The molecule has 4 aromatic rings. The molecule has 1 fully saturated rings. The van der Waals surface area contributed by atoms with Gasteiger partial charge in [0.2, 0.25) is 5.88 Å². The number of halogens is 1. The summed E-state index contributed by atoms with van der Waals surface area (Å²) in [6.07, 6.45) is 2.45. The van der Waals surface area contributed by atoms with Crippen LogP contribution in [-0.4, -0.2) is 41.5 Å². The molecule has 1 aliphatic rings. The van der Waals surface area contributed by atoms with E-state index in [0.29, 0.717) is 35.4 Å². The van der Waals surface area contributed by atoms with Gasteiger partial charge in [-0.3, -0.25) is 13.9 Å². The molecular weight excluding hydrogens is 489 g/mol. The number of imidazole rings is 1. The van der Waals surface area contributed by atoms with Crippen molar-refractivity contribution in [2.75, 3.05) is 6.61 Å². The highest BCUT2D eigenvalue weighted by atomic mass is 19.1. The van der Waals surface area contributed by atoms with Gasteiger partial charge < -0.3 is 14.4 Å². The normalized spacial score (nSPS) is 17.1. The molecule has 38 heavy (non-hydrogen) atoms. The predicted octanol–water partition coefficient (Wildman–Crippen LogP) is 3.50. The fourth-order valence-electron chi connectivity index (χ4n) is 5.07. The smallest absolute Gasteiger partial charge is 0.332 e. The van der Waals surface area contributed by atoms with Crippen molar-refractivity contribution in [2.45, 2.75) is 65.8 Å². The number of aliphatic hydroxyl groups is 1. The van der Waals surface area contributed by atoms with Crippen LogP contribution in [0.2, 0.25) is 0 Å². The van der Waals surface area contributed by atoms with Gasteiger partial charge in [-0.25, -0.2) is 19.2 Å². The number of ether oxygens (including phenoxy) is 1. The summed E-state index contributed by atoms with van der Waals surface area (Å²) in [4.78, 5) is 36.3. The van der Waals surface area contributed by atoms with Gasteiger partial charge in [0, 0.05) is 37.9 Å². The molecule has 0 amide bonds. The van der Waals surface area contributed by atoms with Gasteiger partial charge in [-0.2, -0.15) is 0 Å². The molecule has 5 rings (SSSR count). The first-order chi connectivity index (χ1) is 18.3. The molecule has 0 aliphatic heterocycles. The fourth-order valence-corrected chi connectivity index (χ4v) is 5.07. The van der Waals surface area contributed by atoms with Crippen LogP contribution < -0.4 is 16.0 Å². The van der Waals surface area contributed by atoms with Gasteiger partial charge in [0.1, 0.15) is 17.7 Å². The summed E-state index contributed by atoms with van der Waals surface area (Å²) in [5.74, 6) is 1.33. The summed E-state index contributed by atoms with van der Waals surface area (Å²) in [6, 6.07) is 9.74. The largest absolute Gasteiger partial charge is 0.474 e. The Kier molecular flexibility index (Phi) is 7.16. The summed E-state index contributed by atoms with van der Waals surface area (Å²) in [5.41, 5.74) is 1.76. The van der Waals surface area contributed by atoms with Crippen LogP contribution in [0.3, 0.4) is 0 Å². The highest BCUT2D eigenvalue weighted by Crippen LogP contribution is 2.32. The van der Waals surface area contributed by atoms with Crippen molar-refractivity contribution < 1.29 is 14.2 Å². The number of pyridine rings is 1. The van der Waals surface area contributed by atoms with Crippen LogP contribution >= 0.6 is 0 Å². The number of nitrogens with zero attached hydrogens (tertiary/aromatic N) is 5. The first-order valence-corrected chi connectivity index (χ1v) is 13.0. The lowest BCUT2D eigenvalue weighted by atomic mass is 9.84. The highest BCUT2D eigenvalue weighted by molar-refractivity contribution is 5.78. The van der Waals surface area contributed by atoms with Crippen LogP contribution in [0.15, 0.2) is 46.0 Å². The van der Waals surface area contributed by atoms with E-state index in [9.17, 15) is 19.1 Å². The van der Waals surface area contributed by atoms with Crippen LogP contribution in [0, 0.1) is 18.7 Å². The van der Waals surface area contributed by atoms with Crippen molar-refractivity contribution in [3.8, 4) is 17.3 Å². The maximum Gasteiger partial charge on any atom is 0.332 e. The summed E-state index contributed by atoms with van der Waals surface area (Å²) in [6.45, 7) is 6.37.